The van der Waals surface area contributed by atoms with Crippen molar-refractivity contribution in [2.75, 3.05) is 27.4 Å². The van der Waals surface area contributed by atoms with E-state index in [1.807, 2.05) is 44.2 Å². The average molecular weight is 422 g/mol. The smallest absolute Gasteiger partial charge is 0.309 e. The van der Waals surface area contributed by atoms with Crippen LogP contribution in [-0.4, -0.2) is 48.7 Å². The van der Waals surface area contributed by atoms with Crippen LogP contribution in [0.1, 0.15) is 17.2 Å². The summed E-state index contributed by atoms with van der Waals surface area (Å²) in [7, 11) is 5.91. The zero-order valence-electron chi connectivity index (χ0n) is 17.8. The molecule has 1 aromatic heterocycles. The molecule has 2 N–H and O–H groups in total. The normalized spacial score (nSPS) is 13.4. The van der Waals surface area contributed by atoms with E-state index < -0.39 is 11.8 Å². The predicted octanol–water partition coefficient (Wildman–Crippen LogP) is 1.94. The molecule has 0 radical (unpaired) electrons. The van der Waals surface area contributed by atoms with Crippen molar-refractivity contribution in [3.05, 3.63) is 59.8 Å². The van der Waals surface area contributed by atoms with Crippen LogP contribution in [-0.2, 0) is 23.2 Å². The van der Waals surface area contributed by atoms with E-state index in [1.54, 1.807) is 12.1 Å². The van der Waals surface area contributed by atoms with Gasteiger partial charge in [0.2, 0.25) is 6.79 Å². The Hall–Kier alpha value is -3.52. The maximum Gasteiger partial charge on any atom is 0.309 e. The highest BCUT2D eigenvalue weighted by atomic mass is 16.7. The van der Waals surface area contributed by atoms with E-state index in [1.165, 1.54) is 0 Å². The van der Waals surface area contributed by atoms with Crippen LogP contribution in [0.4, 0.5) is 0 Å². The van der Waals surface area contributed by atoms with Gasteiger partial charge in [-0.2, -0.15) is 0 Å². The monoisotopic (exact) mass is 422 g/mol. The highest BCUT2D eigenvalue weighted by molar-refractivity contribution is 6.35. The van der Waals surface area contributed by atoms with Gasteiger partial charge in [-0.05, 0) is 43.4 Å². The molecule has 1 aliphatic heterocycles. The number of nitrogens with zero attached hydrogens (tertiary/aromatic N) is 2. The van der Waals surface area contributed by atoms with Gasteiger partial charge in [0.25, 0.3) is 0 Å². The molecule has 4 rings (SSSR count). The molecule has 0 spiro atoms. The fourth-order valence-corrected chi connectivity index (χ4v) is 3.79. The molecule has 8 nitrogen and oxygen atoms in total. The van der Waals surface area contributed by atoms with Crippen molar-refractivity contribution in [3.8, 4) is 11.5 Å². The quantitative estimate of drug-likeness (QED) is 0.593. The molecule has 1 aliphatic rings. The molecule has 2 heterocycles. The average Bonchev–Trinajstić information content (AvgIpc) is 3.36. The molecule has 31 heavy (non-hydrogen) atoms. The Balaban J connectivity index is 1.37. The zero-order valence-corrected chi connectivity index (χ0v) is 17.8. The number of benzene rings is 2. The molecule has 0 saturated carbocycles. The summed E-state index contributed by atoms with van der Waals surface area (Å²) in [6.45, 7) is 0.734. The zero-order chi connectivity index (χ0) is 22.0. The second kappa shape index (κ2) is 8.69. The number of amides is 2. The summed E-state index contributed by atoms with van der Waals surface area (Å²) < 4.78 is 12.7. The number of hydrogen-bond donors (Lipinski definition) is 2. The third-order valence-electron chi connectivity index (χ3n) is 5.46. The highest BCUT2D eigenvalue weighted by Crippen LogP contribution is 2.32. The van der Waals surface area contributed by atoms with Crippen molar-refractivity contribution >= 4 is 22.7 Å². The predicted molar refractivity (Wildman–Crippen MR) is 117 cm³/mol. The Morgan fingerprint density at radius 3 is 2.61 bits per heavy atom. The topological polar surface area (TPSA) is 84.8 Å². The van der Waals surface area contributed by atoms with Gasteiger partial charge in [0.05, 0.1) is 6.04 Å². The van der Waals surface area contributed by atoms with Crippen LogP contribution in [0, 0.1) is 0 Å². The minimum Gasteiger partial charge on any atom is -0.454 e. The molecule has 0 fully saturated rings. The number of carbonyl (C=O) groups is 2. The van der Waals surface area contributed by atoms with E-state index in [9.17, 15) is 9.59 Å². The third-order valence-corrected chi connectivity index (χ3v) is 5.46. The first-order valence-electron chi connectivity index (χ1n) is 10.1. The minimum atomic E-state index is -0.673. The lowest BCUT2D eigenvalue weighted by atomic mass is 10.0. The minimum absolute atomic E-state index is 0.0725. The summed E-state index contributed by atoms with van der Waals surface area (Å²) >= 11 is 0. The number of hydrogen-bond acceptors (Lipinski definition) is 5. The summed E-state index contributed by atoms with van der Waals surface area (Å²) in [6, 6.07) is 13.5. The van der Waals surface area contributed by atoms with Crippen LogP contribution >= 0.6 is 0 Å². The van der Waals surface area contributed by atoms with Crippen LogP contribution < -0.4 is 20.1 Å². The van der Waals surface area contributed by atoms with Gasteiger partial charge in [-0.25, -0.2) is 0 Å². The number of carbonyl (C=O) groups excluding carboxylic acids is 2. The molecular weight excluding hydrogens is 396 g/mol. The van der Waals surface area contributed by atoms with Crippen LogP contribution in [0.5, 0.6) is 11.5 Å². The largest absolute Gasteiger partial charge is 0.454 e. The third kappa shape index (κ3) is 4.34. The van der Waals surface area contributed by atoms with Gasteiger partial charge in [-0.1, -0.05) is 24.3 Å². The molecule has 2 amide bonds. The molecule has 8 heteroatoms. The van der Waals surface area contributed by atoms with E-state index >= 15 is 0 Å². The summed E-state index contributed by atoms with van der Waals surface area (Å²) in [5.74, 6) is -0.0166. The fraction of sp³-hybridized carbons (Fsp3) is 0.304. The van der Waals surface area contributed by atoms with E-state index in [4.69, 9.17) is 9.47 Å². The Labute approximate surface area is 180 Å². The van der Waals surface area contributed by atoms with Crippen LogP contribution in [0.15, 0.2) is 48.7 Å². The van der Waals surface area contributed by atoms with Crippen molar-refractivity contribution < 1.29 is 19.1 Å². The van der Waals surface area contributed by atoms with Gasteiger partial charge in [0.1, 0.15) is 0 Å². The van der Waals surface area contributed by atoms with Gasteiger partial charge in [0.15, 0.2) is 11.5 Å². The maximum absolute atomic E-state index is 12.4. The maximum atomic E-state index is 12.4. The second-order valence-corrected chi connectivity index (χ2v) is 7.77. The Morgan fingerprint density at radius 1 is 1.06 bits per heavy atom. The standard InChI is InChI=1S/C23H26N4O4/c1-26(2)19(17-13-27(3)18-7-5-4-6-16(17)18)12-25-23(29)22(28)24-11-15-8-9-20-21(10-15)31-14-30-20/h4-10,13,19H,11-12,14H2,1-3H3,(H,24,28)(H,25,29). The van der Waals surface area contributed by atoms with Gasteiger partial charge in [-0.3, -0.25) is 9.59 Å². The summed E-state index contributed by atoms with van der Waals surface area (Å²) in [4.78, 5) is 26.7. The SMILES string of the molecule is CN(C)C(CNC(=O)C(=O)NCc1ccc2c(c1)OCO2)c1cn(C)c2ccccc12. The van der Waals surface area contributed by atoms with Gasteiger partial charge >= 0.3 is 11.8 Å². The number of aromatic nitrogens is 1. The number of rotatable bonds is 6. The lowest BCUT2D eigenvalue weighted by molar-refractivity contribution is -0.139. The van der Waals surface area contributed by atoms with E-state index in [0.717, 1.165) is 22.0 Å². The molecule has 0 bridgehead atoms. The van der Waals surface area contributed by atoms with Crippen molar-refractivity contribution in [1.82, 2.24) is 20.1 Å². The summed E-state index contributed by atoms with van der Waals surface area (Å²) in [6.07, 6.45) is 2.07. The first-order chi connectivity index (χ1) is 14.9. The van der Waals surface area contributed by atoms with Crippen LogP contribution in [0.2, 0.25) is 0 Å². The molecule has 162 valence electrons. The molecule has 2 aromatic carbocycles. The van der Waals surface area contributed by atoms with Crippen LogP contribution in [0.25, 0.3) is 10.9 Å². The molecule has 0 aliphatic carbocycles. The van der Waals surface area contributed by atoms with Crippen molar-refractivity contribution in [1.29, 1.82) is 0 Å². The van der Waals surface area contributed by atoms with E-state index in [2.05, 4.69) is 33.5 Å². The summed E-state index contributed by atoms with van der Waals surface area (Å²) in [5.41, 5.74) is 3.05. The van der Waals surface area contributed by atoms with Crippen molar-refractivity contribution in [2.45, 2.75) is 12.6 Å². The van der Waals surface area contributed by atoms with Gasteiger partial charge in [0, 0.05) is 37.2 Å². The number of para-hydroxylation sites is 1. The Kier molecular flexibility index (Phi) is 5.81. The first-order valence-corrected chi connectivity index (χ1v) is 10.1. The van der Waals surface area contributed by atoms with Gasteiger partial charge in [-0.15, -0.1) is 0 Å². The molecule has 1 unspecified atom stereocenters. The number of ether oxygens (including phenoxy) is 2. The van der Waals surface area contributed by atoms with Crippen molar-refractivity contribution in [2.24, 2.45) is 7.05 Å². The molecular formula is C23H26N4O4. The molecule has 0 saturated heterocycles. The van der Waals surface area contributed by atoms with E-state index in [0.29, 0.717) is 18.0 Å². The lowest BCUT2D eigenvalue weighted by Crippen LogP contribution is -2.42. The Bertz CT molecular complexity index is 1120. The first kappa shape index (κ1) is 20.7. The second-order valence-electron chi connectivity index (χ2n) is 7.77. The number of nitrogens with one attached hydrogen (secondary N) is 2. The Morgan fingerprint density at radius 2 is 1.81 bits per heavy atom. The lowest BCUT2D eigenvalue weighted by Gasteiger charge is -2.24. The van der Waals surface area contributed by atoms with Gasteiger partial charge < -0.3 is 29.6 Å². The van der Waals surface area contributed by atoms with E-state index in [-0.39, 0.29) is 19.4 Å². The number of aryl methyl sites for hydroxylation is 1. The highest BCUT2D eigenvalue weighted by Gasteiger charge is 2.22. The number of likely N-dealkylation sites (N-methyl/N-ethyl adjacent to an activating group) is 1. The molecule has 1 atom stereocenters. The summed E-state index contributed by atoms with van der Waals surface area (Å²) in [5, 5.41) is 6.55. The van der Waals surface area contributed by atoms with Crippen molar-refractivity contribution in [3.63, 3.8) is 0 Å². The fourth-order valence-electron chi connectivity index (χ4n) is 3.79. The molecule has 3 aromatic rings. The van der Waals surface area contributed by atoms with Crippen LogP contribution in [0.3, 0.4) is 0 Å². The number of fused-ring (bicyclic) bond motifs is 2.